The molecule has 1 saturated heterocycles. The highest BCUT2D eigenvalue weighted by molar-refractivity contribution is 5.75. The Morgan fingerprint density at radius 1 is 1.48 bits per heavy atom. The maximum absolute atomic E-state index is 14.1. The molecule has 7 nitrogen and oxygen atoms in total. The van der Waals surface area contributed by atoms with Crippen molar-refractivity contribution in [2.45, 2.75) is 52.6 Å². The lowest BCUT2D eigenvalue weighted by atomic mass is 9.97. The van der Waals surface area contributed by atoms with Gasteiger partial charge < -0.3 is 9.47 Å². The summed E-state index contributed by atoms with van der Waals surface area (Å²) in [6, 6.07) is 0. The maximum Gasteiger partial charge on any atom is 0.330 e. The lowest BCUT2D eigenvalue weighted by molar-refractivity contribution is -0.158. The number of nitrogens with one attached hydrogen (secondary N) is 1. The van der Waals surface area contributed by atoms with Crippen molar-refractivity contribution in [2.75, 3.05) is 6.61 Å². The molecule has 1 aromatic heterocycles. The molecule has 0 saturated carbocycles. The number of rotatable bonds is 3. The molecule has 0 radical (unpaired) electrons. The van der Waals surface area contributed by atoms with E-state index in [0.717, 1.165) is 4.57 Å². The highest BCUT2D eigenvalue weighted by Crippen LogP contribution is 2.30. The molecule has 1 aromatic rings. The summed E-state index contributed by atoms with van der Waals surface area (Å²) in [4.78, 5) is 37.0. The van der Waals surface area contributed by atoms with Crippen LogP contribution < -0.4 is 11.2 Å². The van der Waals surface area contributed by atoms with Crippen molar-refractivity contribution >= 4 is 5.97 Å². The third-order valence-corrected chi connectivity index (χ3v) is 3.61. The Morgan fingerprint density at radius 3 is 2.74 bits per heavy atom. The average Bonchev–Trinajstić information content (AvgIpc) is 2.80. The first-order valence-electron chi connectivity index (χ1n) is 7.38. The number of halogens is 1. The number of aromatic amines is 1. The third kappa shape index (κ3) is 3.87. The number of aromatic nitrogens is 2. The Labute approximate surface area is 132 Å². The van der Waals surface area contributed by atoms with Gasteiger partial charge in [-0.05, 0) is 27.7 Å². The van der Waals surface area contributed by atoms with Gasteiger partial charge in [0.2, 0.25) is 0 Å². The van der Waals surface area contributed by atoms with Gasteiger partial charge in [0.1, 0.15) is 25.1 Å². The average molecular weight is 328 g/mol. The summed E-state index contributed by atoms with van der Waals surface area (Å²) in [6.45, 7) is 6.42. The summed E-state index contributed by atoms with van der Waals surface area (Å²) in [6.07, 6.45) is -1.87. The van der Waals surface area contributed by atoms with Crippen molar-refractivity contribution in [3.05, 3.63) is 32.6 Å². The Morgan fingerprint density at radius 2 is 2.13 bits per heavy atom. The topological polar surface area (TPSA) is 90.4 Å². The lowest BCUT2D eigenvalue weighted by Gasteiger charge is -2.20. The summed E-state index contributed by atoms with van der Waals surface area (Å²) in [5, 5.41) is 0. The van der Waals surface area contributed by atoms with Crippen LogP contribution in [0.15, 0.2) is 15.8 Å². The van der Waals surface area contributed by atoms with Crippen LogP contribution in [0.25, 0.3) is 0 Å². The molecule has 0 amide bonds. The van der Waals surface area contributed by atoms with E-state index in [9.17, 15) is 18.8 Å². The molecular weight excluding hydrogens is 307 g/mol. The standard InChI is InChI=1S/C15H21FN2O5/c1-8-6-18(14(21)17-12(8)19)11-5-9(16)10(23-11)7-22-13(20)15(2,3)4/h6,9-11H,5,7H2,1-4H3,(H,17,19,21)/t9-,10+,11+/m0/s1. The minimum absolute atomic E-state index is 0.0525. The molecule has 128 valence electrons. The van der Waals surface area contributed by atoms with E-state index in [1.54, 1.807) is 27.7 Å². The van der Waals surface area contributed by atoms with Gasteiger partial charge in [0.15, 0.2) is 0 Å². The maximum atomic E-state index is 14.1. The quantitative estimate of drug-likeness (QED) is 0.838. The Bertz CT molecular complexity index is 703. The monoisotopic (exact) mass is 328 g/mol. The second-order valence-electron chi connectivity index (χ2n) is 6.71. The Balaban J connectivity index is 2.07. The van der Waals surface area contributed by atoms with Crippen LogP contribution in [0.3, 0.4) is 0 Å². The van der Waals surface area contributed by atoms with Crippen molar-refractivity contribution in [2.24, 2.45) is 5.41 Å². The smallest absolute Gasteiger partial charge is 0.330 e. The molecule has 0 aromatic carbocycles. The molecule has 23 heavy (non-hydrogen) atoms. The Kier molecular flexibility index (Phi) is 4.74. The van der Waals surface area contributed by atoms with Crippen molar-refractivity contribution < 1.29 is 18.7 Å². The van der Waals surface area contributed by atoms with E-state index in [-0.39, 0.29) is 13.0 Å². The van der Waals surface area contributed by atoms with Crippen molar-refractivity contribution in [3.63, 3.8) is 0 Å². The predicted octanol–water partition coefficient (Wildman–Crippen LogP) is 1.06. The van der Waals surface area contributed by atoms with Crippen LogP contribution >= 0.6 is 0 Å². The Hall–Kier alpha value is -1.96. The molecule has 0 bridgehead atoms. The molecule has 2 rings (SSSR count). The SMILES string of the molecule is Cc1cn([C@H]2C[C@H](F)[C@@H](COC(=O)C(C)(C)C)O2)c(=O)[nH]c1=O. The van der Waals surface area contributed by atoms with Gasteiger partial charge in [-0.3, -0.25) is 19.1 Å². The van der Waals surface area contributed by atoms with E-state index in [4.69, 9.17) is 9.47 Å². The number of esters is 1. The summed E-state index contributed by atoms with van der Waals surface area (Å²) in [7, 11) is 0. The van der Waals surface area contributed by atoms with Crippen LogP contribution in [-0.4, -0.2) is 34.4 Å². The fraction of sp³-hybridized carbons (Fsp3) is 0.667. The molecule has 0 spiro atoms. The molecule has 0 aliphatic carbocycles. The van der Waals surface area contributed by atoms with Crippen molar-refractivity contribution in [1.82, 2.24) is 9.55 Å². The first kappa shape index (κ1) is 17.4. The van der Waals surface area contributed by atoms with Gasteiger partial charge in [0, 0.05) is 18.2 Å². The molecule has 2 heterocycles. The van der Waals surface area contributed by atoms with Gasteiger partial charge in [-0.1, -0.05) is 0 Å². The molecule has 0 unspecified atom stereocenters. The van der Waals surface area contributed by atoms with Crippen molar-refractivity contribution in [1.29, 1.82) is 0 Å². The van der Waals surface area contributed by atoms with Gasteiger partial charge >= 0.3 is 11.7 Å². The van der Waals surface area contributed by atoms with E-state index in [0.29, 0.717) is 5.56 Å². The molecular formula is C15H21FN2O5. The van der Waals surface area contributed by atoms with Crippen LogP contribution in [-0.2, 0) is 14.3 Å². The lowest BCUT2D eigenvalue weighted by Crippen LogP contribution is -2.34. The van der Waals surface area contributed by atoms with Crippen LogP contribution in [0.5, 0.6) is 0 Å². The molecule has 1 fully saturated rings. The van der Waals surface area contributed by atoms with E-state index in [2.05, 4.69) is 4.98 Å². The van der Waals surface area contributed by atoms with Gasteiger partial charge in [0.05, 0.1) is 5.41 Å². The minimum Gasteiger partial charge on any atom is -0.462 e. The van der Waals surface area contributed by atoms with Crippen LogP contribution in [0, 0.1) is 12.3 Å². The molecule has 8 heteroatoms. The number of nitrogens with zero attached hydrogens (tertiary/aromatic N) is 1. The number of hydrogen-bond donors (Lipinski definition) is 1. The summed E-state index contributed by atoms with van der Waals surface area (Å²) in [5.41, 5.74) is -1.51. The fourth-order valence-corrected chi connectivity index (χ4v) is 2.18. The second-order valence-corrected chi connectivity index (χ2v) is 6.71. The van der Waals surface area contributed by atoms with Gasteiger partial charge in [-0.25, -0.2) is 9.18 Å². The number of carbonyl (C=O) groups excluding carboxylic acids is 1. The first-order valence-corrected chi connectivity index (χ1v) is 7.38. The molecule has 1 N–H and O–H groups in total. The zero-order valence-electron chi connectivity index (χ0n) is 13.6. The zero-order chi connectivity index (χ0) is 17.4. The predicted molar refractivity (Wildman–Crippen MR) is 79.9 cm³/mol. The number of hydrogen-bond acceptors (Lipinski definition) is 5. The van der Waals surface area contributed by atoms with E-state index in [1.807, 2.05) is 0 Å². The van der Waals surface area contributed by atoms with E-state index in [1.165, 1.54) is 6.20 Å². The normalized spacial score (nSPS) is 24.7. The van der Waals surface area contributed by atoms with Crippen molar-refractivity contribution in [3.8, 4) is 0 Å². The minimum atomic E-state index is -1.37. The number of H-pyrrole nitrogens is 1. The summed E-state index contributed by atoms with van der Waals surface area (Å²) >= 11 is 0. The van der Waals surface area contributed by atoms with Crippen LogP contribution in [0.2, 0.25) is 0 Å². The number of carbonyl (C=O) groups is 1. The van der Waals surface area contributed by atoms with Gasteiger partial charge in [-0.15, -0.1) is 0 Å². The molecule has 1 aliphatic heterocycles. The van der Waals surface area contributed by atoms with E-state index < -0.39 is 41.1 Å². The zero-order valence-corrected chi connectivity index (χ0v) is 13.6. The highest BCUT2D eigenvalue weighted by Gasteiger charge is 2.38. The largest absolute Gasteiger partial charge is 0.462 e. The first-order chi connectivity index (χ1) is 10.6. The van der Waals surface area contributed by atoms with Crippen LogP contribution in [0.4, 0.5) is 4.39 Å². The second kappa shape index (κ2) is 6.27. The third-order valence-electron chi connectivity index (χ3n) is 3.61. The van der Waals surface area contributed by atoms with Gasteiger partial charge in [0.25, 0.3) is 5.56 Å². The van der Waals surface area contributed by atoms with Gasteiger partial charge in [-0.2, -0.15) is 0 Å². The number of alkyl halides is 1. The number of aryl methyl sites for hydroxylation is 1. The summed E-state index contributed by atoms with van der Waals surface area (Å²) < 4.78 is 25.8. The summed E-state index contributed by atoms with van der Waals surface area (Å²) in [5.74, 6) is -0.450. The fourth-order valence-electron chi connectivity index (χ4n) is 2.18. The molecule has 3 atom stereocenters. The highest BCUT2D eigenvalue weighted by atomic mass is 19.1. The number of ether oxygens (including phenoxy) is 2. The van der Waals surface area contributed by atoms with Crippen LogP contribution in [0.1, 0.15) is 39.0 Å². The van der Waals surface area contributed by atoms with E-state index >= 15 is 0 Å². The molecule has 1 aliphatic rings.